The maximum atomic E-state index is 14.1. The van der Waals surface area contributed by atoms with Gasteiger partial charge in [-0.15, -0.1) is 8.73 Å². The van der Waals surface area contributed by atoms with Gasteiger partial charge in [-0.3, -0.25) is 0 Å². The number of carbonyl (C=O) groups excluding carboxylic acids is 2. The lowest BCUT2D eigenvalue weighted by molar-refractivity contribution is 0.184. The Labute approximate surface area is 361 Å². The SMILES string of the molecule is CN[C@@H]1COc2c(S(N)(=O)=NC(=O)Nc3c(C(C)C)cc(F)cc3C(C)C)cnn2C1.CN[C@@H]1COc2c(S(N)(=O)=NC(=O)Nc3c(C(C)C)cc(F)cc3C(C)C)cnn2C1. The molecule has 2 aromatic heterocycles. The second-order valence-electron chi connectivity index (χ2n) is 16.3. The molecule has 4 heterocycles. The summed E-state index contributed by atoms with van der Waals surface area (Å²) in [5, 5.41) is 31.7. The Morgan fingerprint density at radius 2 is 0.968 bits per heavy atom. The minimum atomic E-state index is -3.62. The molecule has 0 saturated heterocycles. The van der Waals surface area contributed by atoms with E-state index in [2.05, 4.69) is 40.2 Å². The molecule has 0 radical (unpaired) electrons. The Morgan fingerprint density at radius 1 is 0.661 bits per heavy atom. The minimum Gasteiger partial charge on any atom is -0.475 e. The molecule has 4 aromatic rings. The third-order valence-electron chi connectivity index (χ3n) is 10.3. The number of hydrogen-bond acceptors (Lipinski definition) is 10. The van der Waals surface area contributed by atoms with Gasteiger partial charge >= 0.3 is 12.1 Å². The van der Waals surface area contributed by atoms with E-state index in [-0.39, 0.29) is 68.9 Å². The molecule has 2 unspecified atom stereocenters. The Morgan fingerprint density at radius 3 is 1.24 bits per heavy atom. The summed E-state index contributed by atoms with van der Waals surface area (Å²) in [6.45, 7) is 16.9. The molecule has 0 aliphatic carbocycles. The number of nitrogens with zero attached hydrogens (tertiary/aromatic N) is 6. The molecule has 4 amide bonds. The number of benzene rings is 2. The molecular formula is C40H58F2N12O6S2. The first kappa shape index (κ1) is 48.0. The van der Waals surface area contributed by atoms with Gasteiger partial charge in [-0.2, -0.15) is 10.2 Å². The second-order valence-corrected chi connectivity index (χ2v) is 19.8. The first-order chi connectivity index (χ1) is 29.1. The number of halogens is 2. The van der Waals surface area contributed by atoms with Gasteiger partial charge in [0.25, 0.3) is 0 Å². The minimum absolute atomic E-state index is 0.0525. The summed E-state index contributed by atoms with van der Waals surface area (Å²) in [7, 11) is -3.62. The van der Waals surface area contributed by atoms with Crippen molar-refractivity contribution in [3.05, 3.63) is 70.5 Å². The topological polar surface area (TPSA) is 247 Å². The zero-order valence-electron chi connectivity index (χ0n) is 36.6. The quantitative estimate of drug-likeness (QED) is 0.103. The van der Waals surface area contributed by atoms with Crippen LogP contribution in [0.5, 0.6) is 11.8 Å². The number of nitrogens with two attached hydrogens (primary N) is 2. The van der Waals surface area contributed by atoms with Crippen molar-refractivity contribution in [1.29, 1.82) is 0 Å². The number of amides is 4. The van der Waals surface area contributed by atoms with Crippen molar-refractivity contribution >= 4 is 43.3 Å². The first-order valence-corrected chi connectivity index (χ1v) is 23.3. The smallest absolute Gasteiger partial charge is 0.354 e. The number of ether oxygens (including phenoxy) is 2. The van der Waals surface area contributed by atoms with Gasteiger partial charge < -0.3 is 30.7 Å². The van der Waals surface area contributed by atoms with Gasteiger partial charge in [-0.1, -0.05) is 55.4 Å². The maximum Gasteiger partial charge on any atom is 0.354 e. The highest BCUT2D eigenvalue weighted by Gasteiger charge is 2.29. The van der Waals surface area contributed by atoms with Crippen LogP contribution in [0, 0.1) is 11.6 Å². The van der Waals surface area contributed by atoms with Crippen LogP contribution in [-0.2, 0) is 32.9 Å². The van der Waals surface area contributed by atoms with Crippen LogP contribution in [0.25, 0.3) is 0 Å². The van der Waals surface area contributed by atoms with E-state index in [9.17, 15) is 26.8 Å². The largest absolute Gasteiger partial charge is 0.475 e. The van der Waals surface area contributed by atoms with Gasteiger partial charge in [0.2, 0.25) is 11.8 Å². The van der Waals surface area contributed by atoms with E-state index >= 15 is 0 Å². The zero-order valence-corrected chi connectivity index (χ0v) is 38.2. The zero-order chi connectivity index (χ0) is 45.8. The number of rotatable bonds is 10. The maximum absolute atomic E-state index is 14.1. The molecule has 340 valence electrons. The van der Waals surface area contributed by atoms with Crippen LogP contribution in [0.1, 0.15) is 101 Å². The van der Waals surface area contributed by atoms with Gasteiger partial charge in [0.05, 0.1) is 37.6 Å². The molecule has 22 heteroatoms. The van der Waals surface area contributed by atoms with Crippen LogP contribution < -0.4 is 41.0 Å². The molecule has 2 aliphatic heterocycles. The predicted molar refractivity (Wildman–Crippen MR) is 234 cm³/mol. The Hall–Kier alpha value is -5.00. The van der Waals surface area contributed by atoms with Crippen molar-refractivity contribution in [1.82, 2.24) is 30.2 Å². The number of likely N-dealkylation sites (N-methyl/N-ethyl adjacent to an activating group) is 2. The predicted octanol–water partition coefficient (Wildman–Crippen LogP) is 6.36. The lowest BCUT2D eigenvalue weighted by Gasteiger charge is -2.24. The third-order valence-corrected chi connectivity index (χ3v) is 13.0. The second kappa shape index (κ2) is 19.6. The highest BCUT2D eigenvalue weighted by Crippen LogP contribution is 2.36. The number of carbonyl (C=O) groups is 2. The van der Waals surface area contributed by atoms with Crippen molar-refractivity contribution in [3.8, 4) is 11.8 Å². The van der Waals surface area contributed by atoms with Crippen molar-refractivity contribution in [2.75, 3.05) is 37.9 Å². The summed E-state index contributed by atoms with van der Waals surface area (Å²) in [4.78, 5) is 25.6. The Kier molecular flexibility index (Phi) is 15.2. The fourth-order valence-electron chi connectivity index (χ4n) is 6.91. The standard InChI is InChI=1S/2C20H29FN6O3S/c2*1-11(2)15-6-13(21)7-16(12(3)4)18(15)25-20(28)26-31(22,29)17-8-24-27-9-14(23-5)10-30-19(17)27/h2*6-8,11-12,14,23H,9-10H2,1-5H3,(H3,22,25,26,28,29)/t2*14-,31?/m00/s1. The molecule has 2 aromatic carbocycles. The van der Waals surface area contributed by atoms with Gasteiger partial charge in [0.15, 0.2) is 19.8 Å². The van der Waals surface area contributed by atoms with Crippen LogP contribution >= 0.6 is 0 Å². The van der Waals surface area contributed by atoms with Crippen LogP contribution in [0.4, 0.5) is 29.7 Å². The van der Waals surface area contributed by atoms with E-state index in [1.807, 2.05) is 69.5 Å². The van der Waals surface area contributed by atoms with Gasteiger partial charge in [0.1, 0.15) is 34.6 Å². The van der Waals surface area contributed by atoms with E-state index in [4.69, 9.17) is 19.8 Å². The summed E-state index contributed by atoms with van der Waals surface area (Å²) >= 11 is 0. The highest BCUT2D eigenvalue weighted by atomic mass is 32.2. The van der Waals surface area contributed by atoms with Crippen molar-refractivity contribution in [3.63, 3.8) is 0 Å². The molecule has 0 spiro atoms. The number of nitrogens with one attached hydrogen (secondary N) is 4. The fraction of sp³-hybridized carbons (Fsp3) is 0.500. The summed E-state index contributed by atoms with van der Waals surface area (Å²) in [5.41, 5.74) is 3.42. The van der Waals surface area contributed by atoms with Crippen LogP contribution in [0.2, 0.25) is 0 Å². The Balaban J connectivity index is 0.000000234. The summed E-state index contributed by atoms with van der Waals surface area (Å²) in [5.74, 6) is -0.499. The van der Waals surface area contributed by atoms with Crippen LogP contribution in [0.15, 0.2) is 55.2 Å². The van der Waals surface area contributed by atoms with E-state index < -0.39 is 31.9 Å². The molecule has 0 fully saturated rings. The average Bonchev–Trinajstić information content (AvgIpc) is 3.83. The number of aromatic nitrogens is 4. The molecule has 18 nitrogen and oxygen atoms in total. The summed E-state index contributed by atoms with van der Waals surface area (Å²) < 4.78 is 76.2. The van der Waals surface area contributed by atoms with Gasteiger partial charge in [-0.25, -0.2) is 46.4 Å². The fourth-order valence-corrected chi connectivity index (χ4v) is 8.92. The lowest BCUT2D eigenvalue weighted by atomic mass is 9.92. The number of urea groups is 2. The van der Waals surface area contributed by atoms with E-state index in [1.165, 1.54) is 46.0 Å². The van der Waals surface area contributed by atoms with Gasteiger partial charge in [-0.05, 0) is 84.3 Å². The van der Waals surface area contributed by atoms with E-state index in [0.29, 0.717) is 59.9 Å². The monoisotopic (exact) mass is 904 g/mol. The van der Waals surface area contributed by atoms with Crippen LogP contribution in [-0.4, -0.2) is 79.4 Å². The number of hydrogen-bond donors (Lipinski definition) is 6. The van der Waals surface area contributed by atoms with Crippen molar-refractivity contribution < 1.29 is 36.3 Å². The van der Waals surface area contributed by atoms with E-state index in [1.54, 1.807) is 0 Å². The molecule has 62 heavy (non-hydrogen) atoms. The lowest BCUT2D eigenvalue weighted by Crippen LogP contribution is -2.40. The number of anilines is 2. The molecule has 8 N–H and O–H groups in total. The van der Waals surface area contributed by atoms with Crippen molar-refractivity contribution in [2.24, 2.45) is 19.0 Å². The Bertz CT molecular complexity index is 2320. The van der Waals surface area contributed by atoms with Crippen molar-refractivity contribution in [2.45, 2.75) is 114 Å². The molecule has 2 aliphatic rings. The third kappa shape index (κ3) is 11.0. The molecular weight excluding hydrogens is 847 g/mol. The molecule has 0 bridgehead atoms. The first-order valence-electron chi connectivity index (χ1n) is 20.2. The molecule has 0 saturated carbocycles. The molecule has 4 atom stereocenters. The van der Waals surface area contributed by atoms with Crippen LogP contribution in [0.3, 0.4) is 0 Å². The van der Waals surface area contributed by atoms with Gasteiger partial charge in [0, 0.05) is 11.4 Å². The highest BCUT2D eigenvalue weighted by molar-refractivity contribution is 7.92. The van der Waals surface area contributed by atoms with E-state index in [0.717, 1.165) is 0 Å². The summed E-state index contributed by atoms with van der Waals surface area (Å²) in [6.07, 6.45) is 2.62. The summed E-state index contributed by atoms with van der Waals surface area (Å²) in [6, 6.07) is 3.86. The normalized spacial score (nSPS) is 17.8. The number of fused-ring (bicyclic) bond motifs is 2. The average molecular weight is 905 g/mol. The molecule has 6 rings (SSSR count).